The Morgan fingerprint density at radius 2 is 2.00 bits per heavy atom. The Bertz CT molecular complexity index is 767. The number of ether oxygens (including phenoxy) is 1. The van der Waals surface area contributed by atoms with E-state index in [1.54, 1.807) is 6.07 Å². The predicted molar refractivity (Wildman–Crippen MR) is 96.0 cm³/mol. The molecule has 0 aliphatic carbocycles. The summed E-state index contributed by atoms with van der Waals surface area (Å²) in [6.45, 7) is 2.09. The van der Waals surface area contributed by atoms with Gasteiger partial charge in [0.05, 0.1) is 23.8 Å². The third kappa shape index (κ3) is 4.26. The first-order chi connectivity index (χ1) is 12.2. The van der Waals surface area contributed by atoms with Crippen LogP contribution in [0.3, 0.4) is 0 Å². The lowest BCUT2D eigenvalue weighted by Gasteiger charge is -2.36. The summed E-state index contributed by atoms with van der Waals surface area (Å²) in [4.78, 5) is 12.5. The molecule has 4 heteroatoms. The summed E-state index contributed by atoms with van der Waals surface area (Å²) in [5, 5.41) is 12.3. The maximum Gasteiger partial charge on any atom is 0.251 e. The minimum Gasteiger partial charge on any atom is -0.370 e. The van der Waals surface area contributed by atoms with Crippen molar-refractivity contribution >= 4 is 5.91 Å². The number of benzene rings is 2. The SMILES string of the molecule is CC[C@@H]1C[C@H](NC(=O)c2ccccc2)C[C@H](c2cccc(C#N)c2)O1. The van der Waals surface area contributed by atoms with Crippen LogP contribution in [-0.2, 0) is 4.74 Å². The molecule has 2 aromatic rings. The molecule has 4 nitrogen and oxygen atoms in total. The van der Waals surface area contributed by atoms with E-state index in [9.17, 15) is 4.79 Å². The zero-order chi connectivity index (χ0) is 17.6. The summed E-state index contributed by atoms with van der Waals surface area (Å²) in [6.07, 6.45) is 2.42. The van der Waals surface area contributed by atoms with Crippen LogP contribution in [0, 0.1) is 11.3 Å². The van der Waals surface area contributed by atoms with Gasteiger partial charge in [0.15, 0.2) is 0 Å². The van der Waals surface area contributed by atoms with Gasteiger partial charge in [-0.1, -0.05) is 37.3 Å². The zero-order valence-corrected chi connectivity index (χ0v) is 14.3. The van der Waals surface area contributed by atoms with Gasteiger partial charge in [0.1, 0.15) is 0 Å². The molecule has 0 radical (unpaired) electrons. The Morgan fingerprint density at radius 1 is 1.20 bits per heavy atom. The van der Waals surface area contributed by atoms with Crippen molar-refractivity contribution < 1.29 is 9.53 Å². The molecule has 1 amide bonds. The normalized spacial score (nSPS) is 22.8. The van der Waals surface area contributed by atoms with Crippen LogP contribution in [0.5, 0.6) is 0 Å². The summed E-state index contributed by atoms with van der Waals surface area (Å²) in [5.41, 5.74) is 2.30. The van der Waals surface area contributed by atoms with Gasteiger partial charge in [-0.05, 0) is 49.1 Å². The number of carbonyl (C=O) groups is 1. The van der Waals surface area contributed by atoms with Crippen molar-refractivity contribution in [2.75, 3.05) is 0 Å². The summed E-state index contributed by atoms with van der Waals surface area (Å²) < 4.78 is 6.18. The summed E-state index contributed by atoms with van der Waals surface area (Å²) in [7, 11) is 0. The highest BCUT2D eigenvalue weighted by atomic mass is 16.5. The minimum atomic E-state index is -0.104. The van der Waals surface area contributed by atoms with Crippen molar-refractivity contribution in [3.63, 3.8) is 0 Å². The molecule has 0 unspecified atom stereocenters. The van der Waals surface area contributed by atoms with E-state index < -0.39 is 0 Å². The molecule has 128 valence electrons. The maximum absolute atomic E-state index is 12.5. The maximum atomic E-state index is 12.5. The number of nitriles is 1. The monoisotopic (exact) mass is 334 g/mol. The molecule has 1 heterocycles. The van der Waals surface area contributed by atoms with Crippen molar-refractivity contribution in [1.29, 1.82) is 5.26 Å². The van der Waals surface area contributed by atoms with Crippen molar-refractivity contribution in [3.8, 4) is 6.07 Å². The van der Waals surface area contributed by atoms with Gasteiger partial charge in [-0.25, -0.2) is 0 Å². The quantitative estimate of drug-likeness (QED) is 0.919. The van der Waals surface area contributed by atoms with Crippen LogP contribution in [-0.4, -0.2) is 18.1 Å². The molecule has 0 bridgehead atoms. The second kappa shape index (κ2) is 7.96. The van der Waals surface area contributed by atoms with Gasteiger partial charge in [0, 0.05) is 11.6 Å². The van der Waals surface area contributed by atoms with Gasteiger partial charge in [-0.3, -0.25) is 4.79 Å². The molecule has 1 saturated heterocycles. The molecule has 0 spiro atoms. The third-order valence-corrected chi connectivity index (χ3v) is 4.62. The number of rotatable bonds is 4. The molecule has 2 aromatic carbocycles. The van der Waals surface area contributed by atoms with Gasteiger partial charge in [0.2, 0.25) is 0 Å². The summed E-state index contributed by atoms with van der Waals surface area (Å²) in [5.74, 6) is -0.0492. The molecule has 0 aromatic heterocycles. The third-order valence-electron chi connectivity index (χ3n) is 4.62. The fraction of sp³-hybridized carbons (Fsp3) is 0.333. The highest BCUT2D eigenvalue weighted by Crippen LogP contribution is 2.33. The number of hydrogen-bond donors (Lipinski definition) is 1. The summed E-state index contributed by atoms with van der Waals surface area (Å²) in [6, 6.07) is 19.0. The molecule has 1 aliphatic rings. The van der Waals surface area contributed by atoms with Crippen LogP contribution in [0.2, 0.25) is 0 Å². The highest BCUT2D eigenvalue weighted by Gasteiger charge is 2.30. The Labute approximate surface area is 148 Å². The van der Waals surface area contributed by atoms with E-state index >= 15 is 0 Å². The second-order valence-corrected chi connectivity index (χ2v) is 6.40. The molecular weight excluding hydrogens is 312 g/mol. The van der Waals surface area contributed by atoms with Gasteiger partial charge >= 0.3 is 0 Å². The van der Waals surface area contributed by atoms with Gasteiger partial charge in [-0.15, -0.1) is 0 Å². The number of amides is 1. The molecule has 3 rings (SSSR count). The van der Waals surface area contributed by atoms with Crippen LogP contribution < -0.4 is 5.32 Å². The standard InChI is InChI=1S/C21H22N2O2/c1-2-19-12-18(23-21(24)16-8-4-3-5-9-16)13-20(25-19)17-10-6-7-15(11-17)14-22/h3-11,18-20H,2,12-13H2,1H3,(H,23,24)/t18-,19+,20+/m0/s1. The molecule has 1 N–H and O–H groups in total. The van der Waals surface area contributed by atoms with E-state index in [1.165, 1.54) is 0 Å². The molecule has 25 heavy (non-hydrogen) atoms. The first-order valence-electron chi connectivity index (χ1n) is 8.71. The Hall–Kier alpha value is -2.64. The second-order valence-electron chi connectivity index (χ2n) is 6.40. The van der Waals surface area contributed by atoms with Crippen LogP contribution >= 0.6 is 0 Å². The van der Waals surface area contributed by atoms with Crippen LogP contribution in [0.25, 0.3) is 0 Å². The molecule has 0 saturated carbocycles. The Morgan fingerprint density at radius 3 is 2.72 bits per heavy atom. The van der Waals surface area contributed by atoms with Crippen LogP contribution in [0.1, 0.15) is 53.8 Å². The van der Waals surface area contributed by atoms with Gasteiger partial charge in [0.25, 0.3) is 5.91 Å². The molecule has 3 atom stereocenters. The number of nitrogens with zero attached hydrogens (tertiary/aromatic N) is 1. The highest BCUT2D eigenvalue weighted by molar-refractivity contribution is 5.94. The van der Waals surface area contributed by atoms with Crippen molar-refractivity contribution in [3.05, 3.63) is 71.3 Å². The largest absolute Gasteiger partial charge is 0.370 e. The van der Waals surface area contributed by atoms with E-state index in [0.717, 1.165) is 18.4 Å². The van der Waals surface area contributed by atoms with E-state index in [4.69, 9.17) is 10.00 Å². The van der Waals surface area contributed by atoms with Crippen molar-refractivity contribution in [2.45, 2.75) is 44.4 Å². The average Bonchev–Trinajstić information content (AvgIpc) is 2.68. The average molecular weight is 334 g/mol. The first-order valence-corrected chi connectivity index (χ1v) is 8.71. The lowest BCUT2D eigenvalue weighted by molar-refractivity contribution is -0.0632. The number of hydrogen-bond acceptors (Lipinski definition) is 3. The van der Waals surface area contributed by atoms with Crippen molar-refractivity contribution in [1.82, 2.24) is 5.32 Å². The minimum absolute atomic E-state index is 0.0492. The van der Waals surface area contributed by atoms with Gasteiger partial charge in [-0.2, -0.15) is 5.26 Å². The van der Waals surface area contributed by atoms with Crippen molar-refractivity contribution in [2.24, 2.45) is 0 Å². The van der Waals surface area contributed by atoms with Gasteiger partial charge < -0.3 is 10.1 Å². The predicted octanol–water partition coefficient (Wildman–Crippen LogP) is 3.99. The zero-order valence-electron chi connectivity index (χ0n) is 14.3. The summed E-state index contributed by atoms with van der Waals surface area (Å²) >= 11 is 0. The number of carbonyl (C=O) groups excluding carboxylic acids is 1. The van der Waals surface area contributed by atoms with Crippen LogP contribution in [0.4, 0.5) is 0 Å². The van der Waals surface area contributed by atoms with E-state index in [0.29, 0.717) is 17.5 Å². The van der Waals surface area contributed by atoms with E-state index in [1.807, 2.05) is 48.5 Å². The van der Waals surface area contributed by atoms with E-state index in [2.05, 4.69) is 18.3 Å². The molecule has 1 fully saturated rings. The lowest BCUT2D eigenvalue weighted by Crippen LogP contribution is -2.42. The van der Waals surface area contributed by atoms with E-state index in [-0.39, 0.29) is 24.2 Å². The Balaban J connectivity index is 1.74. The first kappa shape index (κ1) is 17.2. The fourth-order valence-electron chi connectivity index (χ4n) is 3.28. The Kier molecular flexibility index (Phi) is 5.47. The molecule has 1 aliphatic heterocycles. The number of nitrogens with one attached hydrogen (secondary N) is 1. The topological polar surface area (TPSA) is 62.1 Å². The fourth-order valence-corrected chi connectivity index (χ4v) is 3.28. The smallest absolute Gasteiger partial charge is 0.251 e. The molecular formula is C21H22N2O2. The lowest BCUT2D eigenvalue weighted by atomic mass is 9.92. The van der Waals surface area contributed by atoms with Crippen LogP contribution in [0.15, 0.2) is 54.6 Å².